The van der Waals surface area contributed by atoms with Crippen LogP contribution in [0.1, 0.15) is 30.0 Å². The molecule has 11 heteroatoms. The zero-order valence-corrected chi connectivity index (χ0v) is 16.4. The Morgan fingerprint density at radius 1 is 1.28 bits per heavy atom. The second-order valence-corrected chi connectivity index (χ2v) is 7.29. The van der Waals surface area contributed by atoms with E-state index in [0.717, 1.165) is 35.6 Å². The van der Waals surface area contributed by atoms with Crippen LogP contribution >= 0.6 is 11.6 Å². The Labute approximate surface area is 169 Å². The molecule has 0 atom stereocenters. The number of amides is 3. The lowest BCUT2D eigenvalue weighted by Gasteiger charge is -2.17. The van der Waals surface area contributed by atoms with Crippen LogP contribution in [0.4, 0.5) is 29.5 Å². The van der Waals surface area contributed by atoms with E-state index in [-0.39, 0.29) is 12.2 Å². The summed E-state index contributed by atoms with van der Waals surface area (Å²) in [6.45, 7) is -0.363. The largest absolute Gasteiger partial charge is 0.417 e. The molecular formula is C18H19ClF3N5O2. The molecule has 29 heavy (non-hydrogen) atoms. The highest BCUT2D eigenvalue weighted by atomic mass is 35.5. The van der Waals surface area contributed by atoms with Crippen LogP contribution in [0, 0.1) is 0 Å². The number of anilines is 2. The molecule has 3 amide bonds. The van der Waals surface area contributed by atoms with E-state index in [1.54, 1.807) is 17.8 Å². The molecule has 0 aliphatic heterocycles. The Hall–Kier alpha value is -2.75. The lowest BCUT2D eigenvalue weighted by Crippen LogP contribution is -2.37. The molecule has 1 saturated carbocycles. The Kier molecular flexibility index (Phi) is 5.74. The molecule has 1 aromatic carbocycles. The molecule has 0 spiro atoms. The minimum absolute atomic E-state index is 0.0701. The lowest BCUT2D eigenvalue weighted by atomic mass is 10.2. The van der Waals surface area contributed by atoms with Gasteiger partial charge in [-0.25, -0.2) is 4.79 Å². The van der Waals surface area contributed by atoms with Crippen molar-refractivity contribution in [2.24, 2.45) is 7.05 Å². The predicted octanol–water partition coefficient (Wildman–Crippen LogP) is 4.07. The van der Waals surface area contributed by atoms with Gasteiger partial charge in [0.15, 0.2) is 5.82 Å². The fourth-order valence-electron chi connectivity index (χ4n) is 2.82. The zero-order chi connectivity index (χ0) is 21.3. The summed E-state index contributed by atoms with van der Waals surface area (Å²) < 4.78 is 40.4. The molecule has 1 aliphatic carbocycles. The predicted molar refractivity (Wildman–Crippen MR) is 102 cm³/mol. The minimum Gasteiger partial charge on any atom is -0.325 e. The maximum absolute atomic E-state index is 12.9. The first-order valence-electron chi connectivity index (χ1n) is 8.77. The zero-order valence-electron chi connectivity index (χ0n) is 15.7. The van der Waals surface area contributed by atoms with Crippen LogP contribution in [0.15, 0.2) is 24.3 Å². The Morgan fingerprint density at radius 3 is 2.59 bits per heavy atom. The molecule has 7 nitrogen and oxygen atoms in total. The summed E-state index contributed by atoms with van der Waals surface area (Å²) in [5, 5.41) is 8.68. The third-order valence-corrected chi connectivity index (χ3v) is 4.76. The Morgan fingerprint density at radius 2 is 1.97 bits per heavy atom. The first-order chi connectivity index (χ1) is 13.5. The third kappa shape index (κ3) is 5.20. The van der Waals surface area contributed by atoms with Gasteiger partial charge in [-0.2, -0.15) is 18.3 Å². The summed E-state index contributed by atoms with van der Waals surface area (Å²) in [6, 6.07) is 4.27. The van der Waals surface area contributed by atoms with Crippen molar-refractivity contribution < 1.29 is 22.8 Å². The summed E-state index contributed by atoms with van der Waals surface area (Å²) in [5.41, 5.74) is -0.0899. The van der Waals surface area contributed by atoms with Gasteiger partial charge in [0.05, 0.1) is 10.6 Å². The fraction of sp³-hybridized carbons (Fsp3) is 0.389. The average Bonchev–Trinajstić information content (AvgIpc) is 3.39. The van der Waals surface area contributed by atoms with Crippen molar-refractivity contribution in [3.05, 3.63) is 40.5 Å². The first kappa shape index (κ1) is 21.0. The number of nitrogens with zero attached hydrogens (tertiary/aromatic N) is 3. The van der Waals surface area contributed by atoms with Crippen molar-refractivity contribution in [2.45, 2.75) is 24.9 Å². The monoisotopic (exact) mass is 429 g/mol. The van der Waals surface area contributed by atoms with Gasteiger partial charge < -0.3 is 10.2 Å². The number of alkyl halides is 3. The Balaban J connectivity index is 1.57. The fourth-order valence-corrected chi connectivity index (χ4v) is 3.04. The van der Waals surface area contributed by atoms with Crippen LogP contribution in [0.5, 0.6) is 0 Å². The van der Waals surface area contributed by atoms with Crippen molar-refractivity contribution in [2.75, 3.05) is 24.2 Å². The average molecular weight is 430 g/mol. The number of hydrogen-bond donors (Lipinski definition) is 2. The van der Waals surface area contributed by atoms with E-state index in [4.69, 9.17) is 11.6 Å². The van der Waals surface area contributed by atoms with Gasteiger partial charge in [0.1, 0.15) is 6.54 Å². The van der Waals surface area contributed by atoms with Crippen LogP contribution < -0.4 is 10.6 Å². The standard InChI is InChI=1S/C18H19ClF3N5O2/c1-26(17(29)24-15-8-14(10-3-4-10)27(2)25-15)9-16(28)23-11-5-6-13(19)12(7-11)18(20,21)22/h5-8,10H,3-4,9H2,1-2H3,(H,23,28)(H,24,25,29). The van der Waals surface area contributed by atoms with Gasteiger partial charge in [0.25, 0.3) is 0 Å². The van der Waals surface area contributed by atoms with Gasteiger partial charge in [-0.1, -0.05) is 11.6 Å². The minimum atomic E-state index is -4.64. The van der Waals surface area contributed by atoms with Gasteiger partial charge in [-0.3, -0.25) is 14.8 Å². The highest BCUT2D eigenvalue weighted by Gasteiger charge is 2.33. The number of likely N-dealkylation sites (N-methyl/N-ethyl adjacent to an activating group) is 1. The van der Waals surface area contributed by atoms with E-state index in [0.29, 0.717) is 11.7 Å². The first-order valence-corrected chi connectivity index (χ1v) is 9.15. The van der Waals surface area contributed by atoms with E-state index in [1.165, 1.54) is 13.1 Å². The van der Waals surface area contributed by atoms with Crippen LogP contribution in [0.3, 0.4) is 0 Å². The van der Waals surface area contributed by atoms with Gasteiger partial charge in [-0.15, -0.1) is 0 Å². The highest BCUT2D eigenvalue weighted by molar-refractivity contribution is 6.31. The number of aromatic nitrogens is 2. The second kappa shape index (κ2) is 7.94. The van der Waals surface area contributed by atoms with Crippen molar-refractivity contribution >= 4 is 35.0 Å². The number of hydrogen-bond acceptors (Lipinski definition) is 3. The van der Waals surface area contributed by atoms with E-state index >= 15 is 0 Å². The molecule has 0 unspecified atom stereocenters. The molecule has 1 aromatic heterocycles. The summed E-state index contributed by atoms with van der Waals surface area (Å²) in [6.07, 6.45) is -2.46. The highest BCUT2D eigenvalue weighted by Crippen LogP contribution is 2.40. The maximum Gasteiger partial charge on any atom is 0.417 e. The van der Waals surface area contributed by atoms with Gasteiger partial charge >= 0.3 is 12.2 Å². The molecule has 2 N–H and O–H groups in total. The van der Waals surface area contributed by atoms with Crippen molar-refractivity contribution in [1.29, 1.82) is 0 Å². The van der Waals surface area contributed by atoms with Gasteiger partial charge in [0.2, 0.25) is 5.91 Å². The summed E-state index contributed by atoms with van der Waals surface area (Å²) in [4.78, 5) is 25.5. The summed E-state index contributed by atoms with van der Waals surface area (Å²) >= 11 is 5.55. The maximum atomic E-state index is 12.9. The van der Waals surface area contributed by atoms with E-state index in [2.05, 4.69) is 15.7 Å². The van der Waals surface area contributed by atoms with Crippen LogP contribution in [0.2, 0.25) is 5.02 Å². The van der Waals surface area contributed by atoms with Crippen molar-refractivity contribution in [3.63, 3.8) is 0 Å². The van der Waals surface area contributed by atoms with Crippen molar-refractivity contribution in [3.8, 4) is 0 Å². The molecular weight excluding hydrogens is 411 g/mol. The number of aryl methyl sites for hydroxylation is 1. The quantitative estimate of drug-likeness (QED) is 0.751. The van der Waals surface area contributed by atoms with Crippen LogP contribution in [-0.2, 0) is 18.0 Å². The third-order valence-electron chi connectivity index (χ3n) is 4.43. The van der Waals surface area contributed by atoms with Crippen LogP contribution in [-0.4, -0.2) is 40.2 Å². The van der Waals surface area contributed by atoms with E-state index < -0.39 is 28.7 Å². The summed E-state index contributed by atoms with van der Waals surface area (Å²) in [5.74, 6) is 0.180. The molecule has 0 saturated heterocycles. The molecule has 156 valence electrons. The van der Waals surface area contributed by atoms with Crippen molar-refractivity contribution in [1.82, 2.24) is 14.7 Å². The second-order valence-electron chi connectivity index (χ2n) is 6.88. The molecule has 1 aliphatic rings. The summed E-state index contributed by atoms with van der Waals surface area (Å²) in [7, 11) is 3.18. The number of rotatable bonds is 5. The molecule has 3 rings (SSSR count). The van der Waals surface area contributed by atoms with E-state index in [9.17, 15) is 22.8 Å². The molecule has 1 heterocycles. The molecule has 2 aromatic rings. The molecule has 1 fully saturated rings. The number of carbonyl (C=O) groups is 2. The lowest BCUT2D eigenvalue weighted by molar-refractivity contribution is -0.137. The van der Waals surface area contributed by atoms with Gasteiger partial charge in [0, 0.05) is 37.5 Å². The number of halogens is 4. The number of benzene rings is 1. The molecule has 0 bridgehead atoms. The Bertz CT molecular complexity index is 940. The smallest absolute Gasteiger partial charge is 0.325 e. The van der Waals surface area contributed by atoms with E-state index in [1.807, 2.05) is 0 Å². The van der Waals surface area contributed by atoms with Crippen LogP contribution in [0.25, 0.3) is 0 Å². The SMILES string of the molecule is CN(CC(=O)Nc1ccc(Cl)c(C(F)(F)F)c1)C(=O)Nc1cc(C2CC2)n(C)n1. The van der Waals surface area contributed by atoms with Gasteiger partial charge in [-0.05, 0) is 31.0 Å². The topological polar surface area (TPSA) is 79.3 Å². The number of nitrogens with one attached hydrogen (secondary N) is 2. The number of carbonyl (C=O) groups excluding carboxylic acids is 2. The number of urea groups is 1. The molecule has 0 radical (unpaired) electrons. The normalized spacial score (nSPS) is 13.9.